The molecule has 1 aliphatic heterocycles. The number of aliphatic hydroxyl groups is 5. The second kappa shape index (κ2) is 30.3. The normalized spacial score (nSPS) is 23.0. The van der Waals surface area contributed by atoms with E-state index in [1.54, 1.807) is 13.0 Å². The Hall–Kier alpha value is -1.59. The molecule has 0 bridgehead atoms. The molecule has 1 saturated heterocycles. The summed E-state index contributed by atoms with van der Waals surface area (Å²) in [6, 6.07) is -0.822. The Morgan fingerprint density at radius 2 is 1.17 bits per heavy atom. The predicted octanol–water partition coefficient (Wildman–Crippen LogP) is 6.55. The van der Waals surface area contributed by atoms with Crippen LogP contribution in [0.2, 0.25) is 0 Å². The predicted molar refractivity (Wildman–Crippen MR) is 193 cm³/mol. The summed E-state index contributed by atoms with van der Waals surface area (Å²) in [6.45, 7) is 3.18. The van der Waals surface area contributed by atoms with Crippen LogP contribution in [0, 0.1) is 0 Å². The largest absolute Gasteiger partial charge is 0.394 e. The number of aliphatic hydroxyl groups excluding tert-OH is 5. The molecular weight excluding hydrogens is 610 g/mol. The Bertz CT molecular complexity index is 848. The zero-order valence-corrected chi connectivity index (χ0v) is 30.2. The minimum Gasteiger partial charge on any atom is -0.394 e. The highest BCUT2D eigenvalue weighted by molar-refractivity contribution is 5.75. The van der Waals surface area contributed by atoms with E-state index in [4.69, 9.17) is 9.47 Å². The number of carbonyl (C=O) groups is 1. The minimum atomic E-state index is -1.57. The molecule has 6 N–H and O–H groups in total. The molecule has 1 rings (SSSR count). The van der Waals surface area contributed by atoms with Crippen molar-refractivity contribution in [2.45, 2.75) is 192 Å². The Labute approximate surface area is 291 Å². The number of rotatable bonds is 30. The molecule has 280 valence electrons. The highest BCUT2D eigenvalue weighted by Gasteiger charge is 2.44. The lowest BCUT2D eigenvalue weighted by atomic mass is 9.99. The minimum absolute atomic E-state index is 0.215. The molecule has 7 atom stereocenters. The van der Waals surface area contributed by atoms with E-state index in [2.05, 4.69) is 36.5 Å². The number of carbonyl (C=O) groups excluding carboxylic acids is 1. The summed E-state index contributed by atoms with van der Waals surface area (Å²) >= 11 is 0. The lowest BCUT2D eigenvalue weighted by molar-refractivity contribution is -0.302. The topological polar surface area (TPSA) is 149 Å². The molecular formula is C39H71NO8. The zero-order chi connectivity index (χ0) is 35.2. The number of allylic oxidation sites excluding steroid dienone is 5. The summed E-state index contributed by atoms with van der Waals surface area (Å²) in [7, 11) is 0. The third kappa shape index (κ3) is 21.5. The van der Waals surface area contributed by atoms with Gasteiger partial charge in [0.25, 0.3) is 0 Å². The number of hydrogen-bond donors (Lipinski definition) is 6. The first kappa shape index (κ1) is 44.4. The number of nitrogens with one attached hydrogen (secondary N) is 1. The van der Waals surface area contributed by atoms with E-state index in [1.807, 2.05) is 6.08 Å². The summed E-state index contributed by atoms with van der Waals surface area (Å²) in [4.78, 5) is 12.0. The van der Waals surface area contributed by atoms with Crippen LogP contribution in [0.25, 0.3) is 0 Å². The van der Waals surface area contributed by atoms with Crippen molar-refractivity contribution in [2.24, 2.45) is 0 Å². The van der Waals surface area contributed by atoms with Crippen molar-refractivity contribution in [2.75, 3.05) is 13.2 Å². The van der Waals surface area contributed by atoms with Crippen LogP contribution in [0.15, 0.2) is 36.5 Å². The van der Waals surface area contributed by atoms with E-state index in [0.29, 0.717) is 0 Å². The van der Waals surface area contributed by atoms with Crippen molar-refractivity contribution in [1.29, 1.82) is 0 Å². The molecule has 0 aromatic carbocycles. The van der Waals surface area contributed by atoms with E-state index in [1.165, 1.54) is 103 Å². The van der Waals surface area contributed by atoms with Crippen molar-refractivity contribution in [3.05, 3.63) is 36.5 Å². The maximum atomic E-state index is 12.0. The summed E-state index contributed by atoms with van der Waals surface area (Å²) < 4.78 is 10.9. The van der Waals surface area contributed by atoms with Crippen molar-refractivity contribution in [3.63, 3.8) is 0 Å². The van der Waals surface area contributed by atoms with Crippen molar-refractivity contribution >= 4 is 5.91 Å². The standard InChI is InChI=1S/C39H71NO8/c1-3-5-6-7-8-9-10-11-12-13-14-15-16-17-18-19-20-21-22-23-24-25-26-27-28-29-33(42)32(40-35(43)4-2)31-47-39-38(46)37(45)36(44)34(30-41)48-39/h20-21,24-25,28-29,32-34,36-39,41-42,44-46H,3-19,22-23,26-27,30-31H2,1-2H3,(H,40,43)/b21-20+,25-24+,29-28+. The molecule has 1 aliphatic rings. The fourth-order valence-corrected chi connectivity index (χ4v) is 5.80. The fourth-order valence-electron chi connectivity index (χ4n) is 5.80. The average Bonchev–Trinajstić information content (AvgIpc) is 3.09. The third-order valence-electron chi connectivity index (χ3n) is 9.01. The molecule has 9 nitrogen and oxygen atoms in total. The Kier molecular flexibility index (Phi) is 28.0. The first-order chi connectivity index (χ1) is 23.3. The second-order valence-corrected chi connectivity index (χ2v) is 13.3. The maximum Gasteiger partial charge on any atom is 0.220 e. The molecule has 1 heterocycles. The van der Waals surface area contributed by atoms with E-state index in [9.17, 15) is 30.3 Å². The van der Waals surface area contributed by atoms with Crippen LogP contribution < -0.4 is 5.32 Å². The number of unbranched alkanes of at least 4 members (excludes halogenated alkanes) is 17. The molecule has 0 spiro atoms. The van der Waals surface area contributed by atoms with Gasteiger partial charge in [0.2, 0.25) is 5.91 Å². The Morgan fingerprint density at radius 1 is 0.688 bits per heavy atom. The lowest BCUT2D eigenvalue weighted by Gasteiger charge is -2.40. The fraction of sp³-hybridized carbons (Fsp3) is 0.821. The van der Waals surface area contributed by atoms with E-state index < -0.39 is 49.5 Å². The Balaban J connectivity index is 2.12. The second-order valence-electron chi connectivity index (χ2n) is 13.3. The molecule has 0 aliphatic carbocycles. The van der Waals surface area contributed by atoms with Crippen molar-refractivity contribution < 1.29 is 39.8 Å². The van der Waals surface area contributed by atoms with Gasteiger partial charge >= 0.3 is 0 Å². The van der Waals surface area contributed by atoms with E-state index >= 15 is 0 Å². The smallest absolute Gasteiger partial charge is 0.220 e. The van der Waals surface area contributed by atoms with Gasteiger partial charge < -0.3 is 40.3 Å². The quantitative estimate of drug-likeness (QED) is 0.0370. The highest BCUT2D eigenvalue weighted by atomic mass is 16.7. The van der Waals surface area contributed by atoms with Gasteiger partial charge in [0, 0.05) is 6.42 Å². The van der Waals surface area contributed by atoms with Crippen LogP contribution in [0.5, 0.6) is 0 Å². The number of hydrogen-bond acceptors (Lipinski definition) is 8. The maximum absolute atomic E-state index is 12.0. The lowest BCUT2D eigenvalue weighted by Crippen LogP contribution is -2.60. The van der Waals surface area contributed by atoms with Crippen molar-refractivity contribution in [1.82, 2.24) is 5.32 Å². The van der Waals surface area contributed by atoms with Gasteiger partial charge in [0.05, 0.1) is 25.4 Å². The average molecular weight is 682 g/mol. The molecule has 9 heteroatoms. The molecule has 7 unspecified atom stereocenters. The van der Waals surface area contributed by atoms with Crippen LogP contribution in [-0.4, -0.2) is 87.5 Å². The first-order valence-electron chi connectivity index (χ1n) is 19.2. The van der Waals surface area contributed by atoms with Gasteiger partial charge in [-0.25, -0.2) is 0 Å². The van der Waals surface area contributed by atoms with Crippen LogP contribution in [0.4, 0.5) is 0 Å². The van der Waals surface area contributed by atoms with Crippen LogP contribution in [0.1, 0.15) is 149 Å². The molecule has 1 fully saturated rings. The summed E-state index contributed by atoms with van der Waals surface area (Å²) in [5.41, 5.74) is 0. The van der Waals surface area contributed by atoms with E-state index in [-0.39, 0.29) is 18.9 Å². The summed E-state index contributed by atoms with van der Waals surface area (Å²) in [5.74, 6) is -0.281. The molecule has 1 amide bonds. The van der Waals surface area contributed by atoms with Gasteiger partial charge in [-0.1, -0.05) is 140 Å². The Morgan fingerprint density at radius 3 is 1.67 bits per heavy atom. The molecule has 0 saturated carbocycles. The van der Waals surface area contributed by atoms with Crippen molar-refractivity contribution in [3.8, 4) is 0 Å². The van der Waals surface area contributed by atoms with Crippen LogP contribution in [-0.2, 0) is 14.3 Å². The number of ether oxygens (including phenoxy) is 2. The van der Waals surface area contributed by atoms with E-state index in [0.717, 1.165) is 25.7 Å². The summed E-state index contributed by atoms with van der Waals surface area (Å²) in [5, 5.41) is 52.8. The van der Waals surface area contributed by atoms with Crippen LogP contribution in [0.3, 0.4) is 0 Å². The molecule has 0 aromatic heterocycles. The van der Waals surface area contributed by atoms with Gasteiger partial charge in [0.1, 0.15) is 24.4 Å². The monoisotopic (exact) mass is 682 g/mol. The van der Waals surface area contributed by atoms with Crippen LogP contribution >= 0.6 is 0 Å². The molecule has 0 radical (unpaired) electrons. The van der Waals surface area contributed by atoms with Gasteiger partial charge in [-0.15, -0.1) is 0 Å². The van der Waals surface area contributed by atoms with Gasteiger partial charge in [-0.05, 0) is 38.5 Å². The highest BCUT2D eigenvalue weighted by Crippen LogP contribution is 2.22. The number of amides is 1. The zero-order valence-electron chi connectivity index (χ0n) is 30.2. The third-order valence-corrected chi connectivity index (χ3v) is 9.01. The van der Waals surface area contributed by atoms with Gasteiger partial charge in [0.15, 0.2) is 6.29 Å². The SMILES string of the molecule is CCCCCCCCCCCCCCCCC/C=C/CC/C=C/CC/C=C/C(O)C(COC1OC(CO)C(O)C(O)C1O)NC(=O)CC. The van der Waals surface area contributed by atoms with Gasteiger partial charge in [-0.2, -0.15) is 0 Å². The summed E-state index contributed by atoms with van der Waals surface area (Å²) in [6.07, 6.45) is 30.2. The molecule has 48 heavy (non-hydrogen) atoms. The first-order valence-corrected chi connectivity index (χ1v) is 19.2. The molecule has 0 aromatic rings. The van der Waals surface area contributed by atoms with Gasteiger partial charge in [-0.3, -0.25) is 4.79 Å².